The fourth-order valence-corrected chi connectivity index (χ4v) is 5.03. The number of hydrogen-bond acceptors (Lipinski definition) is 7. The van der Waals surface area contributed by atoms with E-state index in [2.05, 4.69) is 32.1 Å². The molecule has 2 aromatic carbocycles. The highest BCUT2D eigenvalue weighted by Gasteiger charge is 2.35. The van der Waals surface area contributed by atoms with Crippen LogP contribution in [-0.4, -0.2) is 68.4 Å². The quantitative estimate of drug-likeness (QED) is 0.303. The van der Waals surface area contributed by atoms with Crippen LogP contribution in [-0.2, 0) is 12.6 Å². The molecule has 8 nitrogen and oxygen atoms in total. The van der Waals surface area contributed by atoms with Gasteiger partial charge in [-0.05, 0) is 55.3 Å². The summed E-state index contributed by atoms with van der Waals surface area (Å²) in [5.41, 5.74) is 3.50. The standard InChI is InChI=1S/C29H30F3N7O/c1-4-37-7-9-38(10-8-37)27-14-22(13-24(20(27)3)29(30,31)32)28(40)12-21-6-5-19(2)26(11-21)39-17-25(35-36-39)23-15-33-18-34-16-23/h5-6,11,13-18H,4,7-10,12H2,1-3H3. The van der Waals surface area contributed by atoms with Crippen LogP contribution in [0.25, 0.3) is 16.9 Å². The Bertz CT molecular complexity index is 1510. The number of alkyl halides is 3. The summed E-state index contributed by atoms with van der Waals surface area (Å²) in [5.74, 6) is -0.380. The molecule has 0 saturated carbocycles. The molecule has 0 unspecified atom stereocenters. The Morgan fingerprint density at radius 2 is 1.70 bits per heavy atom. The highest BCUT2D eigenvalue weighted by Crippen LogP contribution is 2.37. The predicted molar refractivity (Wildman–Crippen MR) is 146 cm³/mol. The molecule has 0 spiro atoms. The van der Waals surface area contributed by atoms with Crippen LogP contribution in [0.4, 0.5) is 18.9 Å². The molecule has 11 heteroatoms. The topological polar surface area (TPSA) is 80.0 Å². The lowest BCUT2D eigenvalue weighted by Gasteiger charge is -2.37. The summed E-state index contributed by atoms with van der Waals surface area (Å²) in [4.78, 5) is 25.6. The molecule has 0 radical (unpaired) electrons. The number of nitrogens with zero attached hydrogens (tertiary/aromatic N) is 7. The van der Waals surface area contributed by atoms with Gasteiger partial charge in [-0.2, -0.15) is 13.2 Å². The van der Waals surface area contributed by atoms with Gasteiger partial charge in [-0.1, -0.05) is 24.3 Å². The van der Waals surface area contributed by atoms with Gasteiger partial charge in [0.05, 0.1) is 17.4 Å². The second-order valence-corrected chi connectivity index (χ2v) is 9.98. The number of Topliss-reactive ketones (excluding diaryl/α,β-unsaturated/α-hetero) is 1. The molecule has 0 N–H and O–H groups in total. The number of carbonyl (C=O) groups excluding carboxylic acids is 1. The highest BCUT2D eigenvalue weighted by atomic mass is 19.4. The van der Waals surface area contributed by atoms with E-state index >= 15 is 0 Å². The van der Waals surface area contributed by atoms with Crippen LogP contribution in [0, 0.1) is 13.8 Å². The second kappa shape index (κ2) is 11.2. The smallest absolute Gasteiger partial charge is 0.369 e. The van der Waals surface area contributed by atoms with Crippen LogP contribution in [0.1, 0.15) is 39.5 Å². The summed E-state index contributed by atoms with van der Waals surface area (Å²) in [6.07, 6.45) is 1.83. The first-order valence-electron chi connectivity index (χ1n) is 13.1. The average molecular weight is 550 g/mol. The Hall–Kier alpha value is -4.12. The average Bonchev–Trinajstić information content (AvgIpc) is 3.44. The van der Waals surface area contributed by atoms with Gasteiger partial charge < -0.3 is 9.80 Å². The van der Waals surface area contributed by atoms with E-state index in [1.54, 1.807) is 29.3 Å². The third kappa shape index (κ3) is 5.74. The van der Waals surface area contributed by atoms with Crippen molar-refractivity contribution in [3.63, 3.8) is 0 Å². The third-order valence-corrected chi connectivity index (χ3v) is 7.40. The summed E-state index contributed by atoms with van der Waals surface area (Å²) in [6, 6.07) is 8.10. The van der Waals surface area contributed by atoms with Crippen molar-refractivity contribution in [2.45, 2.75) is 33.4 Å². The van der Waals surface area contributed by atoms with Crippen molar-refractivity contribution in [1.29, 1.82) is 0 Å². The molecule has 1 saturated heterocycles. The van der Waals surface area contributed by atoms with Gasteiger partial charge in [-0.3, -0.25) is 4.79 Å². The first kappa shape index (κ1) is 27.4. The lowest BCUT2D eigenvalue weighted by molar-refractivity contribution is -0.138. The van der Waals surface area contributed by atoms with Gasteiger partial charge in [0.2, 0.25) is 0 Å². The zero-order valence-corrected chi connectivity index (χ0v) is 22.6. The van der Waals surface area contributed by atoms with Crippen LogP contribution in [0.2, 0.25) is 0 Å². The summed E-state index contributed by atoms with van der Waals surface area (Å²) >= 11 is 0. The number of aryl methyl sites for hydroxylation is 1. The molecule has 4 aromatic rings. The lowest BCUT2D eigenvalue weighted by atomic mass is 9.95. The van der Waals surface area contributed by atoms with Crippen LogP contribution < -0.4 is 4.90 Å². The van der Waals surface area contributed by atoms with Gasteiger partial charge in [-0.15, -0.1) is 5.10 Å². The number of aromatic nitrogens is 5. The zero-order valence-electron chi connectivity index (χ0n) is 22.6. The van der Waals surface area contributed by atoms with E-state index in [4.69, 9.17) is 0 Å². The SMILES string of the molecule is CCN1CCN(c2cc(C(=O)Cc3ccc(C)c(-n4cc(-c5cncnc5)nn4)c3)cc(C(F)(F)F)c2C)CC1. The first-order chi connectivity index (χ1) is 19.1. The van der Waals surface area contributed by atoms with Gasteiger partial charge >= 0.3 is 6.18 Å². The Labute approximate surface area is 230 Å². The third-order valence-electron chi connectivity index (χ3n) is 7.40. The molecule has 0 bridgehead atoms. The number of ketones is 1. The number of anilines is 1. The van der Waals surface area contributed by atoms with Gasteiger partial charge in [-0.25, -0.2) is 14.6 Å². The molecule has 2 aromatic heterocycles. The summed E-state index contributed by atoms with van der Waals surface area (Å²) in [6.45, 7) is 9.12. The van der Waals surface area contributed by atoms with Crippen molar-refractivity contribution < 1.29 is 18.0 Å². The van der Waals surface area contributed by atoms with Crippen LogP contribution in [0.5, 0.6) is 0 Å². The molecule has 208 valence electrons. The number of rotatable bonds is 7. The van der Waals surface area contributed by atoms with E-state index in [0.717, 1.165) is 37.0 Å². The minimum atomic E-state index is -4.56. The number of benzene rings is 2. The normalized spacial score (nSPS) is 14.5. The fourth-order valence-electron chi connectivity index (χ4n) is 5.03. The van der Waals surface area contributed by atoms with Gasteiger partial charge in [0.1, 0.15) is 12.0 Å². The van der Waals surface area contributed by atoms with Crippen molar-refractivity contribution >= 4 is 11.5 Å². The van der Waals surface area contributed by atoms with Gasteiger partial charge in [0.25, 0.3) is 0 Å². The molecule has 5 rings (SSSR count). The van der Waals surface area contributed by atoms with E-state index in [0.29, 0.717) is 35.6 Å². The number of hydrogen-bond donors (Lipinski definition) is 0. The Morgan fingerprint density at radius 3 is 2.38 bits per heavy atom. The van der Waals surface area contributed by atoms with E-state index < -0.39 is 11.7 Å². The highest BCUT2D eigenvalue weighted by molar-refractivity contribution is 5.99. The zero-order chi connectivity index (χ0) is 28.4. The first-order valence-corrected chi connectivity index (χ1v) is 13.1. The Morgan fingerprint density at radius 1 is 0.975 bits per heavy atom. The van der Waals surface area contributed by atoms with Crippen molar-refractivity contribution in [1.82, 2.24) is 29.9 Å². The molecular weight excluding hydrogens is 519 g/mol. The minimum absolute atomic E-state index is 0.0508. The van der Waals surface area contributed by atoms with E-state index in [1.807, 2.05) is 30.0 Å². The number of likely N-dealkylation sites (N-methyl/N-ethyl adjacent to an activating group) is 1. The van der Waals surface area contributed by atoms with Gasteiger partial charge in [0, 0.05) is 61.8 Å². The van der Waals surface area contributed by atoms with E-state index in [1.165, 1.54) is 13.3 Å². The van der Waals surface area contributed by atoms with Crippen molar-refractivity contribution in [3.8, 4) is 16.9 Å². The molecule has 1 aliphatic heterocycles. The number of carbonyl (C=O) groups is 1. The summed E-state index contributed by atoms with van der Waals surface area (Å²) in [5, 5.41) is 8.42. The second-order valence-electron chi connectivity index (χ2n) is 9.98. The molecule has 40 heavy (non-hydrogen) atoms. The van der Waals surface area contributed by atoms with Crippen molar-refractivity contribution in [2.75, 3.05) is 37.6 Å². The number of halogens is 3. The minimum Gasteiger partial charge on any atom is -0.369 e. The number of piperazine rings is 1. The molecule has 1 aliphatic rings. The van der Waals surface area contributed by atoms with Crippen LogP contribution in [0.15, 0.2) is 55.2 Å². The molecule has 0 aliphatic carbocycles. The van der Waals surface area contributed by atoms with Gasteiger partial charge in [0.15, 0.2) is 5.78 Å². The van der Waals surface area contributed by atoms with Crippen molar-refractivity contribution in [2.24, 2.45) is 0 Å². The maximum atomic E-state index is 14.0. The van der Waals surface area contributed by atoms with Crippen LogP contribution in [0.3, 0.4) is 0 Å². The van der Waals surface area contributed by atoms with E-state index in [-0.39, 0.29) is 23.3 Å². The predicted octanol–water partition coefficient (Wildman–Crippen LogP) is 4.93. The Kier molecular flexibility index (Phi) is 7.66. The largest absolute Gasteiger partial charge is 0.416 e. The summed E-state index contributed by atoms with van der Waals surface area (Å²) < 4.78 is 43.7. The summed E-state index contributed by atoms with van der Waals surface area (Å²) in [7, 11) is 0. The molecule has 3 heterocycles. The molecule has 0 amide bonds. The van der Waals surface area contributed by atoms with Crippen LogP contribution >= 0.6 is 0 Å². The fraction of sp³-hybridized carbons (Fsp3) is 0.345. The molecular formula is C29H30F3N7O. The maximum absolute atomic E-state index is 14.0. The van der Waals surface area contributed by atoms with Crippen molar-refractivity contribution in [3.05, 3.63) is 83.1 Å². The molecule has 1 fully saturated rings. The molecule has 0 atom stereocenters. The van der Waals surface area contributed by atoms with E-state index in [9.17, 15) is 18.0 Å². The monoisotopic (exact) mass is 549 g/mol. The maximum Gasteiger partial charge on any atom is 0.416 e. The Balaban J connectivity index is 1.43. The lowest BCUT2D eigenvalue weighted by Crippen LogP contribution is -2.46.